The lowest BCUT2D eigenvalue weighted by Crippen LogP contribution is -2.08. The Labute approximate surface area is 187 Å². The van der Waals surface area contributed by atoms with E-state index in [1.165, 1.54) is 18.4 Å². The van der Waals surface area contributed by atoms with Gasteiger partial charge in [-0.2, -0.15) is 0 Å². The maximum atomic E-state index is 12.7. The number of rotatable bonds is 5. The van der Waals surface area contributed by atoms with E-state index in [0.717, 1.165) is 15.6 Å². The first-order valence-electron chi connectivity index (χ1n) is 8.92. The van der Waals surface area contributed by atoms with Crippen LogP contribution in [-0.4, -0.2) is 19.3 Å². The van der Waals surface area contributed by atoms with Crippen molar-refractivity contribution in [3.8, 4) is 11.5 Å². The molecule has 0 bridgehead atoms. The molecule has 0 aliphatic heterocycles. The van der Waals surface area contributed by atoms with E-state index in [-0.39, 0.29) is 0 Å². The maximum Gasteiger partial charge on any atom is 0.355 e. The highest BCUT2D eigenvalue weighted by molar-refractivity contribution is 7.21. The lowest BCUT2D eigenvalue weighted by Gasteiger charge is -2.09. The Morgan fingerprint density at radius 1 is 1.00 bits per heavy atom. The number of aliphatic imine (C=N–C) groups is 1. The number of hydrogen-bond acceptors (Lipinski definition) is 5. The zero-order chi connectivity index (χ0) is 21.1. The van der Waals surface area contributed by atoms with Gasteiger partial charge in [0, 0.05) is 16.3 Å². The van der Waals surface area contributed by atoms with Gasteiger partial charge in [0.2, 0.25) is 0 Å². The Hall–Kier alpha value is -2.86. The first kappa shape index (κ1) is 20.4. The molecular weight excluding hydrogens is 441 g/mol. The second-order valence-electron chi connectivity index (χ2n) is 6.25. The van der Waals surface area contributed by atoms with Gasteiger partial charge >= 0.3 is 5.97 Å². The molecule has 30 heavy (non-hydrogen) atoms. The van der Waals surface area contributed by atoms with E-state index in [2.05, 4.69) is 4.99 Å². The summed E-state index contributed by atoms with van der Waals surface area (Å²) in [6.07, 6.45) is 1.66. The fourth-order valence-electron chi connectivity index (χ4n) is 2.84. The van der Waals surface area contributed by atoms with Gasteiger partial charge in [-0.25, -0.2) is 4.79 Å². The number of carbonyl (C=O) groups is 1. The van der Waals surface area contributed by atoms with E-state index in [1.807, 2.05) is 42.5 Å². The standard InChI is InChI=1S/C23H15Cl2NO3S/c1-28-19-12-14(13-26-17-8-4-3-7-16(17)24)10-11-18(19)29-23(27)22-21(25)15-6-2-5-9-20(15)30-22/h2-13H,1H3. The third-order valence-electron chi connectivity index (χ3n) is 4.32. The van der Waals surface area contributed by atoms with Crippen LogP contribution in [-0.2, 0) is 0 Å². The first-order chi connectivity index (χ1) is 14.6. The Kier molecular flexibility index (Phi) is 6.04. The van der Waals surface area contributed by atoms with Crippen LogP contribution in [0.1, 0.15) is 15.2 Å². The fraction of sp³-hybridized carbons (Fsp3) is 0.0435. The van der Waals surface area contributed by atoms with E-state index in [1.54, 1.807) is 30.5 Å². The third kappa shape index (κ3) is 4.19. The van der Waals surface area contributed by atoms with Gasteiger partial charge in [-0.3, -0.25) is 4.99 Å². The summed E-state index contributed by atoms with van der Waals surface area (Å²) < 4.78 is 11.9. The number of esters is 1. The number of benzene rings is 3. The largest absolute Gasteiger partial charge is 0.493 e. The van der Waals surface area contributed by atoms with Gasteiger partial charge in [-0.1, -0.05) is 53.5 Å². The third-order valence-corrected chi connectivity index (χ3v) is 6.29. The maximum absolute atomic E-state index is 12.7. The minimum absolute atomic E-state index is 0.297. The van der Waals surface area contributed by atoms with Gasteiger partial charge in [0.1, 0.15) is 4.88 Å². The summed E-state index contributed by atoms with van der Waals surface area (Å²) in [5.74, 6) is 0.173. The molecular formula is C23H15Cl2NO3S. The van der Waals surface area contributed by atoms with Gasteiger partial charge in [-0.05, 0) is 42.0 Å². The molecule has 1 heterocycles. The van der Waals surface area contributed by atoms with Gasteiger partial charge in [-0.15, -0.1) is 11.3 Å². The minimum atomic E-state index is -0.531. The fourth-order valence-corrected chi connectivity index (χ4v) is 4.41. The van der Waals surface area contributed by atoms with Gasteiger partial charge in [0.05, 0.1) is 22.8 Å². The summed E-state index contributed by atoms with van der Waals surface area (Å²) in [6.45, 7) is 0. The average molecular weight is 456 g/mol. The molecule has 4 nitrogen and oxygen atoms in total. The predicted molar refractivity (Wildman–Crippen MR) is 123 cm³/mol. The quantitative estimate of drug-likeness (QED) is 0.181. The molecule has 0 fully saturated rings. The number of halogens is 2. The molecule has 4 rings (SSSR count). The molecule has 0 saturated heterocycles. The van der Waals surface area contributed by atoms with Crippen molar-refractivity contribution in [2.75, 3.05) is 7.11 Å². The summed E-state index contributed by atoms with van der Waals surface area (Å²) >= 11 is 13.8. The van der Waals surface area contributed by atoms with Crippen molar-refractivity contribution >= 4 is 62.5 Å². The van der Waals surface area contributed by atoms with Gasteiger partial charge < -0.3 is 9.47 Å². The van der Waals surface area contributed by atoms with Gasteiger partial charge in [0.15, 0.2) is 11.5 Å². The zero-order valence-corrected chi connectivity index (χ0v) is 18.1. The molecule has 0 spiro atoms. The highest BCUT2D eigenvalue weighted by atomic mass is 35.5. The summed E-state index contributed by atoms with van der Waals surface area (Å²) in [6, 6.07) is 20.0. The number of carbonyl (C=O) groups excluding carboxylic acids is 1. The number of methoxy groups -OCH3 is 1. The van der Waals surface area contributed by atoms with Crippen molar-refractivity contribution in [3.63, 3.8) is 0 Å². The Morgan fingerprint density at radius 3 is 2.53 bits per heavy atom. The van der Waals surface area contributed by atoms with Crippen LogP contribution in [0, 0.1) is 0 Å². The molecule has 0 atom stereocenters. The molecule has 4 aromatic rings. The molecule has 3 aromatic carbocycles. The number of hydrogen-bond donors (Lipinski definition) is 0. The number of ether oxygens (including phenoxy) is 2. The number of fused-ring (bicyclic) bond motifs is 1. The number of nitrogens with zero attached hydrogens (tertiary/aromatic N) is 1. The van der Waals surface area contributed by atoms with E-state index in [0.29, 0.717) is 32.1 Å². The van der Waals surface area contributed by atoms with Crippen LogP contribution in [0.2, 0.25) is 10.0 Å². The number of para-hydroxylation sites is 1. The van der Waals surface area contributed by atoms with Crippen molar-refractivity contribution in [1.29, 1.82) is 0 Å². The van der Waals surface area contributed by atoms with E-state index < -0.39 is 5.97 Å². The molecule has 7 heteroatoms. The van der Waals surface area contributed by atoms with Crippen LogP contribution in [0.15, 0.2) is 71.7 Å². The second kappa shape index (κ2) is 8.88. The van der Waals surface area contributed by atoms with Crippen LogP contribution in [0.4, 0.5) is 5.69 Å². The molecule has 0 amide bonds. The predicted octanol–water partition coefficient (Wildman–Crippen LogP) is 7.19. The van der Waals surface area contributed by atoms with Crippen LogP contribution < -0.4 is 9.47 Å². The van der Waals surface area contributed by atoms with Crippen LogP contribution >= 0.6 is 34.5 Å². The Morgan fingerprint density at radius 2 is 1.77 bits per heavy atom. The van der Waals surface area contributed by atoms with Crippen LogP contribution in [0.25, 0.3) is 10.1 Å². The molecule has 0 radical (unpaired) electrons. The average Bonchev–Trinajstić information content (AvgIpc) is 3.11. The topological polar surface area (TPSA) is 47.9 Å². The molecule has 0 aliphatic rings. The summed E-state index contributed by atoms with van der Waals surface area (Å²) in [7, 11) is 1.51. The summed E-state index contributed by atoms with van der Waals surface area (Å²) in [5, 5.41) is 1.78. The van der Waals surface area contributed by atoms with Crippen LogP contribution in [0.3, 0.4) is 0 Å². The van der Waals surface area contributed by atoms with E-state index in [4.69, 9.17) is 32.7 Å². The summed E-state index contributed by atoms with van der Waals surface area (Å²) in [5.41, 5.74) is 1.43. The summed E-state index contributed by atoms with van der Waals surface area (Å²) in [4.78, 5) is 17.5. The highest BCUT2D eigenvalue weighted by Gasteiger charge is 2.20. The van der Waals surface area contributed by atoms with Crippen molar-refractivity contribution in [1.82, 2.24) is 0 Å². The minimum Gasteiger partial charge on any atom is -0.493 e. The molecule has 0 N–H and O–H groups in total. The molecule has 0 unspecified atom stereocenters. The van der Waals surface area contributed by atoms with Crippen LogP contribution in [0.5, 0.6) is 11.5 Å². The van der Waals surface area contributed by atoms with E-state index >= 15 is 0 Å². The lowest BCUT2D eigenvalue weighted by atomic mass is 10.2. The van der Waals surface area contributed by atoms with Crippen molar-refractivity contribution in [2.45, 2.75) is 0 Å². The van der Waals surface area contributed by atoms with Crippen molar-refractivity contribution < 1.29 is 14.3 Å². The lowest BCUT2D eigenvalue weighted by molar-refractivity contribution is 0.0735. The number of thiophene rings is 1. The zero-order valence-electron chi connectivity index (χ0n) is 15.8. The molecule has 0 saturated carbocycles. The van der Waals surface area contributed by atoms with Crippen molar-refractivity contribution in [3.05, 3.63) is 87.2 Å². The van der Waals surface area contributed by atoms with Gasteiger partial charge in [0.25, 0.3) is 0 Å². The molecule has 0 aliphatic carbocycles. The monoisotopic (exact) mass is 455 g/mol. The SMILES string of the molecule is COc1cc(C=Nc2ccccc2Cl)ccc1OC(=O)c1sc2ccccc2c1Cl. The molecule has 150 valence electrons. The highest BCUT2D eigenvalue weighted by Crippen LogP contribution is 2.37. The second-order valence-corrected chi connectivity index (χ2v) is 8.09. The molecule has 1 aromatic heterocycles. The smallest absolute Gasteiger partial charge is 0.355 e. The Bertz CT molecular complexity index is 1270. The first-order valence-corrected chi connectivity index (χ1v) is 10.5. The Balaban J connectivity index is 1.58. The van der Waals surface area contributed by atoms with Crippen molar-refractivity contribution in [2.24, 2.45) is 4.99 Å². The normalized spacial score (nSPS) is 11.2. The van der Waals surface area contributed by atoms with E-state index in [9.17, 15) is 4.79 Å².